The van der Waals surface area contributed by atoms with E-state index in [1.807, 2.05) is 75.7 Å². The van der Waals surface area contributed by atoms with Crippen molar-refractivity contribution >= 4 is 86.3 Å². The molecule has 0 radical (unpaired) electrons. The summed E-state index contributed by atoms with van der Waals surface area (Å²) in [5.41, 5.74) is 1.97. The highest BCUT2D eigenvalue weighted by Crippen LogP contribution is 2.52. The van der Waals surface area contributed by atoms with Crippen LogP contribution in [0.4, 0.5) is 11.4 Å². The summed E-state index contributed by atoms with van der Waals surface area (Å²) in [6, 6.07) is 12.9. The summed E-state index contributed by atoms with van der Waals surface area (Å²) >= 11 is -3.07. The average Bonchev–Trinajstić information content (AvgIpc) is 3.78. The SMILES string of the molecule is CC[N+]1=C(C=CC=CC=CCC2N(CCCCCC(=O)On3c(O)ccc3O)c3ccc4c(OS(=O)[O-])cc(S(=O)(=O)O)cc4c3C2(C)C)C(C)(C)c2c1ccc1c(S(=O)(=O)O)cc(S(=O)(=O)O)cc21. The molecule has 5 aromatic rings. The van der Waals surface area contributed by atoms with E-state index in [0.29, 0.717) is 71.1 Å². The largest absolute Gasteiger partial charge is 0.740 e. The highest BCUT2D eigenvalue weighted by molar-refractivity contribution is 7.87. The molecule has 23 heteroatoms. The van der Waals surface area contributed by atoms with Gasteiger partial charge in [0, 0.05) is 76.8 Å². The molecule has 5 N–H and O–H groups in total. The number of hydrogen-bond donors (Lipinski definition) is 5. The van der Waals surface area contributed by atoms with Gasteiger partial charge < -0.3 is 28.7 Å². The molecule has 374 valence electrons. The maximum Gasteiger partial charge on any atom is 0.333 e. The average molecular weight is 1040 g/mol. The molecule has 0 aliphatic carbocycles. The lowest BCUT2D eigenvalue weighted by molar-refractivity contribution is -0.433. The van der Waals surface area contributed by atoms with E-state index in [1.54, 1.807) is 18.2 Å². The first-order valence-electron chi connectivity index (χ1n) is 21.8. The lowest BCUT2D eigenvalue weighted by Gasteiger charge is -2.34. The van der Waals surface area contributed by atoms with Gasteiger partial charge in [0.2, 0.25) is 17.4 Å². The fourth-order valence-electron chi connectivity index (χ4n) is 9.77. The number of unbranched alkanes of at least 4 members (excludes halogenated alkanes) is 2. The summed E-state index contributed by atoms with van der Waals surface area (Å²) < 4.78 is 135. The molecule has 0 saturated carbocycles. The number of aromatic nitrogens is 1. The Kier molecular flexibility index (Phi) is 14.4. The first kappa shape index (κ1) is 51.9. The molecule has 70 heavy (non-hydrogen) atoms. The van der Waals surface area contributed by atoms with Crippen LogP contribution < -0.4 is 13.9 Å². The molecule has 0 bridgehead atoms. The minimum absolute atomic E-state index is 0.00808. The molecule has 2 aliphatic rings. The van der Waals surface area contributed by atoms with Crippen molar-refractivity contribution in [3.63, 3.8) is 0 Å². The molecule has 0 saturated heterocycles. The number of allylic oxidation sites excluding steroid dienone is 5. The predicted octanol–water partition coefficient (Wildman–Crippen LogP) is 6.96. The first-order valence-corrected chi connectivity index (χ1v) is 27.1. The van der Waals surface area contributed by atoms with Gasteiger partial charge in [-0.3, -0.25) is 13.7 Å². The Hall–Kier alpha value is -5.92. The van der Waals surface area contributed by atoms with Crippen molar-refractivity contribution in [1.82, 2.24) is 4.73 Å². The van der Waals surface area contributed by atoms with E-state index < -0.39 is 85.0 Å². The second-order valence-electron chi connectivity index (χ2n) is 17.9. The number of aromatic hydroxyl groups is 2. The van der Waals surface area contributed by atoms with Crippen LogP contribution >= 0.6 is 0 Å². The Bertz CT molecular complexity index is 3430. The van der Waals surface area contributed by atoms with Crippen LogP contribution in [0, 0.1) is 0 Å². The number of carbonyl (C=O) groups excluding carboxylic acids is 1. The second kappa shape index (κ2) is 19.4. The number of fused-ring (bicyclic) bond motifs is 6. The van der Waals surface area contributed by atoms with E-state index in [1.165, 1.54) is 30.3 Å². The van der Waals surface area contributed by atoms with Crippen molar-refractivity contribution in [2.24, 2.45) is 0 Å². The van der Waals surface area contributed by atoms with Gasteiger partial charge in [0.05, 0.1) is 15.2 Å². The van der Waals surface area contributed by atoms with Gasteiger partial charge in [0.15, 0.2) is 5.71 Å². The van der Waals surface area contributed by atoms with Crippen LogP contribution in [-0.2, 0) is 57.3 Å². The molecular weight excluding hydrogens is 991 g/mol. The Morgan fingerprint density at radius 3 is 2.00 bits per heavy atom. The summed E-state index contributed by atoms with van der Waals surface area (Å²) in [5.74, 6) is -1.83. The minimum Gasteiger partial charge on any atom is -0.740 e. The van der Waals surface area contributed by atoms with E-state index in [2.05, 4.69) is 4.90 Å². The van der Waals surface area contributed by atoms with Crippen LogP contribution in [-0.4, -0.2) is 98.0 Å². The van der Waals surface area contributed by atoms with Crippen LogP contribution in [0.5, 0.6) is 17.5 Å². The topological polar surface area (TPSA) is 290 Å². The number of hydrogen-bond acceptors (Lipinski definition) is 14. The lowest BCUT2D eigenvalue weighted by atomic mass is 9.77. The third-order valence-corrected chi connectivity index (χ3v) is 15.7. The zero-order chi connectivity index (χ0) is 51.3. The van der Waals surface area contributed by atoms with Crippen molar-refractivity contribution in [3.05, 3.63) is 108 Å². The van der Waals surface area contributed by atoms with Crippen molar-refractivity contribution in [2.75, 3.05) is 18.0 Å². The summed E-state index contributed by atoms with van der Waals surface area (Å²) in [7, 11) is -14.6. The lowest BCUT2D eigenvalue weighted by Crippen LogP contribution is -2.41. The summed E-state index contributed by atoms with van der Waals surface area (Å²) in [6.45, 7) is 10.6. The maximum absolute atomic E-state index is 12.5. The molecule has 7 rings (SSSR count). The van der Waals surface area contributed by atoms with Crippen molar-refractivity contribution in [1.29, 1.82) is 0 Å². The number of carbonyl (C=O) groups is 1. The molecule has 1 aromatic heterocycles. The highest BCUT2D eigenvalue weighted by Gasteiger charge is 2.47. The predicted molar refractivity (Wildman–Crippen MR) is 259 cm³/mol. The fourth-order valence-corrected chi connectivity index (χ4v) is 11.9. The van der Waals surface area contributed by atoms with E-state index in [9.17, 15) is 62.7 Å². The minimum atomic E-state index is -4.90. The van der Waals surface area contributed by atoms with Crippen LogP contribution in [0.25, 0.3) is 21.5 Å². The van der Waals surface area contributed by atoms with Gasteiger partial charge in [0.25, 0.3) is 30.4 Å². The number of rotatable bonds is 18. The normalized spacial score (nSPS) is 17.4. The zero-order valence-corrected chi connectivity index (χ0v) is 41.7. The van der Waals surface area contributed by atoms with E-state index in [0.717, 1.165) is 23.5 Å². The third-order valence-electron chi connectivity index (χ3n) is 12.8. The Morgan fingerprint density at radius 2 is 1.39 bits per heavy atom. The van der Waals surface area contributed by atoms with Crippen LogP contribution in [0.1, 0.15) is 77.8 Å². The monoisotopic (exact) mass is 1040 g/mol. The highest BCUT2D eigenvalue weighted by atomic mass is 32.2. The summed E-state index contributed by atoms with van der Waals surface area (Å²) in [5, 5.41) is 20.6. The number of anilines is 1. The van der Waals surface area contributed by atoms with E-state index >= 15 is 0 Å². The van der Waals surface area contributed by atoms with Gasteiger partial charge in [-0.25, -0.2) is 9.00 Å². The molecule has 2 atom stereocenters. The Morgan fingerprint density at radius 1 is 0.771 bits per heavy atom. The third kappa shape index (κ3) is 10.1. The number of benzene rings is 4. The quantitative estimate of drug-likeness (QED) is 0.0195. The summed E-state index contributed by atoms with van der Waals surface area (Å²) in [6.07, 6.45) is 13.2. The molecule has 19 nitrogen and oxygen atoms in total. The van der Waals surface area contributed by atoms with Crippen LogP contribution in [0.15, 0.2) is 112 Å². The van der Waals surface area contributed by atoms with Gasteiger partial charge in [-0.1, -0.05) is 50.6 Å². The van der Waals surface area contributed by atoms with Gasteiger partial charge >= 0.3 is 5.97 Å². The smallest absolute Gasteiger partial charge is 0.333 e. The van der Waals surface area contributed by atoms with Gasteiger partial charge in [-0.05, 0) is 92.8 Å². The van der Waals surface area contributed by atoms with Crippen LogP contribution in [0.2, 0.25) is 0 Å². The van der Waals surface area contributed by atoms with Crippen molar-refractivity contribution < 1.29 is 76.3 Å². The molecule has 3 heterocycles. The standard InChI is InChI=1S/C47H51N3O16S4/c1-6-48-35-21-19-32-34(26-30(69(59,60)61)28-38(32)70(62,63)64)45(35)46(2,3)39(48)15-11-8-7-9-12-16-40-47(4,5)44-33-25-29(68(56,57)58)27-37(66-67(54)55)31(33)18-20-36(44)49(40)24-14-10-13-17-43(53)65-50-41(51)22-23-42(50)52/h7-9,11-12,15,18-23,25-28,40H,6,10,13-14,16-17,24H2,1-5H3,(H5-,51,52,54,55,56,57,58,59,60,61,62,63,64). The maximum atomic E-state index is 12.5. The number of nitrogens with zero attached hydrogens (tertiary/aromatic N) is 3. The molecular formula is C47H51N3O16S4. The molecule has 2 aliphatic heterocycles. The fraction of sp³-hybridized carbons (Fsp3) is 0.319. The molecule has 4 aromatic carbocycles. The van der Waals surface area contributed by atoms with E-state index in [4.69, 9.17) is 9.02 Å². The van der Waals surface area contributed by atoms with Gasteiger partial charge in [-0.15, -0.1) is 4.73 Å². The Balaban J connectivity index is 1.15. The van der Waals surface area contributed by atoms with Gasteiger partial charge in [-0.2, -0.15) is 29.8 Å². The second-order valence-corrected chi connectivity index (χ2v) is 22.7. The molecule has 2 unspecified atom stereocenters. The zero-order valence-electron chi connectivity index (χ0n) is 38.5. The van der Waals surface area contributed by atoms with E-state index in [-0.39, 0.29) is 29.0 Å². The summed E-state index contributed by atoms with van der Waals surface area (Å²) in [4.78, 5) is 17.8. The first-order chi connectivity index (χ1) is 32.7. The molecule has 0 amide bonds. The van der Waals surface area contributed by atoms with Crippen molar-refractivity contribution in [3.8, 4) is 17.5 Å². The molecule has 0 spiro atoms. The van der Waals surface area contributed by atoms with Crippen molar-refractivity contribution in [2.45, 2.75) is 98.3 Å². The van der Waals surface area contributed by atoms with Gasteiger partial charge in [0.1, 0.15) is 28.6 Å². The van der Waals surface area contributed by atoms with Crippen LogP contribution in [0.3, 0.4) is 0 Å². The Labute approximate surface area is 407 Å². The molecule has 0 fully saturated rings.